The molecule has 0 heterocycles. The van der Waals surface area contributed by atoms with Crippen LogP contribution in [0.5, 0.6) is 5.75 Å². The van der Waals surface area contributed by atoms with Crippen molar-refractivity contribution in [3.8, 4) is 5.75 Å². The Morgan fingerprint density at radius 2 is 1.95 bits per heavy atom. The first-order valence-electron chi connectivity index (χ1n) is 7.79. The van der Waals surface area contributed by atoms with Crippen LogP contribution in [-0.2, 0) is 9.53 Å². The summed E-state index contributed by atoms with van der Waals surface area (Å²) in [5.41, 5.74) is 1.12. The lowest BCUT2D eigenvalue weighted by atomic mass is 9.83. The number of anilines is 1. The van der Waals surface area contributed by atoms with Gasteiger partial charge in [0.2, 0.25) is 0 Å². The normalized spacial score (nSPS) is 21.6. The summed E-state index contributed by atoms with van der Waals surface area (Å²) in [6, 6.07) is 8.36. The predicted octanol–water partition coefficient (Wildman–Crippen LogP) is 3.62. The first kappa shape index (κ1) is 15.7. The van der Waals surface area contributed by atoms with E-state index in [4.69, 9.17) is 4.74 Å². The SMILES string of the molecule is CCC1CCCCC1Nc1ccc(OCC(=O)OC)cc1. The van der Waals surface area contributed by atoms with Gasteiger partial charge in [-0.15, -0.1) is 0 Å². The van der Waals surface area contributed by atoms with Crippen molar-refractivity contribution < 1.29 is 14.3 Å². The van der Waals surface area contributed by atoms with Gasteiger partial charge in [-0.25, -0.2) is 4.79 Å². The number of ether oxygens (including phenoxy) is 2. The molecular formula is C17H25NO3. The van der Waals surface area contributed by atoms with Gasteiger partial charge < -0.3 is 14.8 Å². The first-order valence-corrected chi connectivity index (χ1v) is 7.79. The second kappa shape index (κ2) is 7.91. The minimum Gasteiger partial charge on any atom is -0.482 e. The second-order valence-electron chi connectivity index (χ2n) is 5.59. The van der Waals surface area contributed by atoms with E-state index in [2.05, 4.69) is 17.0 Å². The molecule has 1 fully saturated rings. The van der Waals surface area contributed by atoms with Crippen LogP contribution in [0.2, 0.25) is 0 Å². The van der Waals surface area contributed by atoms with E-state index in [0.717, 1.165) is 11.6 Å². The molecule has 1 aliphatic rings. The van der Waals surface area contributed by atoms with Crippen LogP contribution in [0, 0.1) is 5.92 Å². The van der Waals surface area contributed by atoms with Gasteiger partial charge in [-0.2, -0.15) is 0 Å². The lowest BCUT2D eigenvalue weighted by Crippen LogP contribution is -2.31. The van der Waals surface area contributed by atoms with Crippen molar-refractivity contribution in [3.63, 3.8) is 0 Å². The Morgan fingerprint density at radius 3 is 2.62 bits per heavy atom. The van der Waals surface area contributed by atoms with Crippen molar-refractivity contribution in [1.82, 2.24) is 0 Å². The third-order valence-electron chi connectivity index (χ3n) is 4.22. The highest BCUT2D eigenvalue weighted by molar-refractivity contribution is 5.70. The Morgan fingerprint density at radius 1 is 1.24 bits per heavy atom. The lowest BCUT2D eigenvalue weighted by Gasteiger charge is -2.32. The molecule has 0 aliphatic heterocycles. The molecule has 4 heteroatoms. The predicted molar refractivity (Wildman–Crippen MR) is 83.6 cm³/mol. The highest BCUT2D eigenvalue weighted by atomic mass is 16.6. The van der Waals surface area contributed by atoms with Crippen molar-refractivity contribution in [2.75, 3.05) is 19.0 Å². The Labute approximate surface area is 126 Å². The molecule has 1 aromatic rings. The number of carbonyl (C=O) groups is 1. The number of nitrogens with one attached hydrogen (secondary N) is 1. The van der Waals surface area contributed by atoms with E-state index in [-0.39, 0.29) is 12.6 Å². The standard InChI is InChI=1S/C17H25NO3/c1-3-13-6-4-5-7-16(13)18-14-8-10-15(11-9-14)21-12-17(19)20-2/h8-11,13,16,18H,3-7,12H2,1-2H3. The van der Waals surface area contributed by atoms with Gasteiger partial charge in [-0.05, 0) is 43.0 Å². The molecule has 1 saturated carbocycles. The van der Waals surface area contributed by atoms with E-state index in [1.165, 1.54) is 39.2 Å². The van der Waals surface area contributed by atoms with E-state index < -0.39 is 0 Å². The van der Waals surface area contributed by atoms with Gasteiger partial charge >= 0.3 is 5.97 Å². The maximum Gasteiger partial charge on any atom is 0.343 e. The Balaban J connectivity index is 1.88. The Bertz CT molecular complexity index is 444. The van der Waals surface area contributed by atoms with Crippen LogP contribution in [0.15, 0.2) is 24.3 Å². The molecule has 1 N–H and O–H groups in total. The topological polar surface area (TPSA) is 47.6 Å². The molecule has 0 amide bonds. The molecule has 0 spiro atoms. The fraction of sp³-hybridized carbons (Fsp3) is 0.588. The van der Waals surface area contributed by atoms with Gasteiger partial charge in [-0.3, -0.25) is 0 Å². The fourth-order valence-electron chi connectivity index (χ4n) is 2.95. The van der Waals surface area contributed by atoms with E-state index in [9.17, 15) is 4.79 Å². The average molecular weight is 291 g/mol. The quantitative estimate of drug-likeness (QED) is 0.813. The second-order valence-corrected chi connectivity index (χ2v) is 5.59. The van der Waals surface area contributed by atoms with Crippen molar-refractivity contribution in [1.29, 1.82) is 0 Å². The summed E-state index contributed by atoms with van der Waals surface area (Å²) in [6.45, 7) is 2.22. The highest BCUT2D eigenvalue weighted by Gasteiger charge is 2.23. The summed E-state index contributed by atoms with van der Waals surface area (Å²) >= 11 is 0. The van der Waals surface area contributed by atoms with Gasteiger partial charge in [-0.1, -0.05) is 26.2 Å². The van der Waals surface area contributed by atoms with Crippen LogP contribution in [0.4, 0.5) is 5.69 Å². The van der Waals surface area contributed by atoms with Gasteiger partial charge in [0.05, 0.1) is 7.11 Å². The smallest absolute Gasteiger partial charge is 0.343 e. The summed E-state index contributed by atoms with van der Waals surface area (Å²) in [5, 5.41) is 3.64. The zero-order valence-corrected chi connectivity index (χ0v) is 12.9. The van der Waals surface area contributed by atoms with Crippen LogP contribution in [0.25, 0.3) is 0 Å². The molecule has 0 aromatic heterocycles. The number of methoxy groups -OCH3 is 1. The van der Waals surface area contributed by atoms with E-state index in [0.29, 0.717) is 11.8 Å². The van der Waals surface area contributed by atoms with Crippen LogP contribution in [0.3, 0.4) is 0 Å². The number of hydrogen-bond donors (Lipinski definition) is 1. The van der Waals surface area contributed by atoms with Crippen molar-refractivity contribution >= 4 is 11.7 Å². The Kier molecular flexibility index (Phi) is 5.90. The zero-order chi connectivity index (χ0) is 15.1. The van der Waals surface area contributed by atoms with Crippen molar-refractivity contribution in [2.45, 2.75) is 45.1 Å². The minimum absolute atomic E-state index is 0.0518. The summed E-state index contributed by atoms with van der Waals surface area (Å²) in [5.74, 6) is 1.08. The third kappa shape index (κ3) is 4.66. The van der Waals surface area contributed by atoms with Crippen LogP contribution < -0.4 is 10.1 Å². The molecule has 0 radical (unpaired) electrons. The maximum atomic E-state index is 11.0. The molecule has 116 valence electrons. The van der Waals surface area contributed by atoms with E-state index in [1.807, 2.05) is 24.3 Å². The maximum absolute atomic E-state index is 11.0. The number of esters is 1. The van der Waals surface area contributed by atoms with E-state index >= 15 is 0 Å². The molecule has 2 atom stereocenters. The van der Waals surface area contributed by atoms with Crippen molar-refractivity contribution in [2.24, 2.45) is 5.92 Å². The highest BCUT2D eigenvalue weighted by Crippen LogP contribution is 2.29. The van der Waals surface area contributed by atoms with Gasteiger partial charge in [0.1, 0.15) is 5.75 Å². The Hall–Kier alpha value is -1.71. The molecule has 2 unspecified atom stereocenters. The molecule has 0 bridgehead atoms. The summed E-state index contributed by atoms with van der Waals surface area (Å²) in [6.07, 6.45) is 6.48. The molecule has 0 saturated heterocycles. The minimum atomic E-state index is -0.370. The molecule has 1 aliphatic carbocycles. The van der Waals surface area contributed by atoms with Gasteiger partial charge in [0.25, 0.3) is 0 Å². The lowest BCUT2D eigenvalue weighted by molar-refractivity contribution is -0.142. The molecule has 21 heavy (non-hydrogen) atoms. The number of benzene rings is 1. The van der Waals surface area contributed by atoms with Crippen LogP contribution in [0.1, 0.15) is 39.0 Å². The van der Waals surface area contributed by atoms with Crippen molar-refractivity contribution in [3.05, 3.63) is 24.3 Å². The van der Waals surface area contributed by atoms with Gasteiger partial charge in [0, 0.05) is 11.7 Å². The third-order valence-corrected chi connectivity index (χ3v) is 4.22. The zero-order valence-electron chi connectivity index (χ0n) is 12.9. The molecule has 1 aromatic carbocycles. The number of rotatable bonds is 6. The van der Waals surface area contributed by atoms with Crippen LogP contribution in [-0.4, -0.2) is 25.7 Å². The molecular weight excluding hydrogens is 266 g/mol. The molecule has 4 nitrogen and oxygen atoms in total. The summed E-state index contributed by atoms with van der Waals surface area (Å²) < 4.78 is 9.89. The summed E-state index contributed by atoms with van der Waals surface area (Å²) in [7, 11) is 1.35. The van der Waals surface area contributed by atoms with Crippen LogP contribution >= 0.6 is 0 Å². The first-order chi connectivity index (χ1) is 10.2. The largest absolute Gasteiger partial charge is 0.482 e. The fourth-order valence-corrected chi connectivity index (χ4v) is 2.95. The monoisotopic (exact) mass is 291 g/mol. The van der Waals surface area contributed by atoms with Gasteiger partial charge in [0.15, 0.2) is 6.61 Å². The summed E-state index contributed by atoms with van der Waals surface area (Å²) in [4.78, 5) is 11.0. The van der Waals surface area contributed by atoms with E-state index in [1.54, 1.807) is 0 Å². The average Bonchev–Trinajstić information content (AvgIpc) is 2.54. The number of hydrogen-bond acceptors (Lipinski definition) is 4. The molecule has 2 rings (SSSR count). The number of carbonyl (C=O) groups excluding carboxylic acids is 1.